The molecule has 2 rings (SSSR count). The van der Waals surface area contributed by atoms with Crippen molar-refractivity contribution in [3.05, 3.63) is 39.9 Å². The highest BCUT2D eigenvalue weighted by atomic mass is 35.5. The second kappa shape index (κ2) is 9.00. The fourth-order valence-electron chi connectivity index (χ4n) is 2.11. The van der Waals surface area contributed by atoms with Crippen molar-refractivity contribution < 1.29 is 18.4 Å². The highest BCUT2D eigenvalue weighted by Crippen LogP contribution is 2.25. The zero-order valence-electron chi connectivity index (χ0n) is 14.0. The summed E-state index contributed by atoms with van der Waals surface area (Å²) in [5.41, 5.74) is 0.354. The summed E-state index contributed by atoms with van der Waals surface area (Å²) in [6.07, 6.45) is -2.39. The first kappa shape index (κ1) is 20.2. The smallest absolute Gasteiger partial charge is 0.291 e. The molecule has 2 aromatic rings. The number of benzene rings is 1. The summed E-state index contributed by atoms with van der Waals surface area (Å²) in [5, 5.41) is 11.9. The average molecular weight is 403 g/mol. The van der Waals surface area contributed by atoms with E-state index < -0.39 is 29.3 Å². The van der Waals surface area contributed by atoms with Crippen LogP contribution in [0.15, 0.2) is 24.3 Å². The minimum Gasteiger partial charge on any atom is -0.340 e. The number of hydrogen-bond acceptors (Lipinski definition) is 5. The van der Waals surface area contributed by atoms with Crippen molar-refractivity contribution in [2.24, 2.45) is 5.92 Å². The van der Waals surface area contributed by atoms with E-state index in [9.17, 15) is 18.4 Å². The van der Waals surface area contributed by atoms with E-state index in [-0.39, 0.29) is 11.0 Å². The van der Waals surface area contributed by atoms with Gasteiger partial charge in [0.2, 0.25) is 11.0 Å². The van der Waals surface area contributed by atoms with E-state index in [1.54, 1.807) is 24.3 Å². The van der Waals surface area contributed by atoms with Gasteiger partial charge in [0.05, 0.1) is 0 Å². The molecule has 0 aliphatic heterocycles. The zero-order chi connectivity index (χ0) is 19.3. The van der Waals surface area contributed by atoms with Crippen LogP contribution in [0.4, 0.5) is 13.9 Å². The molecule has 1 aromatic carbocycles. The Labute approximate surface area is 158 Å². The summed E-state index contributed by atoms with van der Waals surface area (Å²) in [4.78, 5) is 24.8. The van der Waals surface area contributed by atoms with Gasteiger partial charge in [0.1, 0.15) is 6.04 Å². The third-order valence-electron chi connectivity index (χ3n) is 3.29. The van der Waals surface area contributed by atoms with E-state index >= 15 is 0 Å². The molecular weight excluding hydrogens is 386 g/mol. The van der Waals surface area contributed by atoms with Crippen LogP contribution < -0.4 is 10.6 Å². The van der Waals surface area contributed by atoms with E-state index in [1.165, 1.54) is 0 Å². The molecule has 140 valence electrons. The Balaban J connectivity index is 2.08. The number of alkyl halides is 2. The van der Waals surface area contributed by atoms with Gasteiger partial charge in [-0.2, -0.15) is 0 Å². The second-order valence-electron chi connectivity index (χ2n) is 5.90. The number of hydrogen-bond donors (Lipinski definition) is 2. The van der Waals surface area contributed by atoms with E-state index in [4.69, 9.17) is 11.6 Å². The fourth-order valence-corrected chi connectivity index (χ4v) is 2.84. The van der Waals surface area contributed by atoms with Gasteiger partial charge in [0.25, 0.3) is 12.3 Å². The monoisotopic (exact) mass is 402 g/mol. The van der Waals surface area contributed by atoms with Crippen LogP contribution in [0.3, 0.4) is 0 Å². The number of aromatic nitrogens is 2. The number of carbonyl (C=O) groups excluding carboxylic acids is 2. The van der Waals surface area contributed by atoms with Crippen LogP contribution in [0, 0.1) is 5.92 Å². The Morgan fingerprint density at radius 3 is 2.38 bits per heavy atom. The van der Waals surface area contributed by atoms with E-state index in [0.29, 0.717) is 28.3 Å². The van der Waals surface area contributed by atoms with Gasteiger partial charge >= 0.3 is 0 Å². The Morgan fingerprint density at radius 2 is 1.85 bits per heavy atom. The quantitative estimate of drug-likeness (QED) is 0.735. The predicted molar refractivity (Wildman–Crippen MR) is 95.7 cm³/mol. The number of nitrogens with zero attached hydrogens (tertiary/aromatic N) is 2. The molecule has 0 radical (unpaired) electrons. The van der Waals surface area contributed by atoms with E-state index in [0.717, 1.165) is 0 Å². The van der Waals surface area contributed by atoms with Crippen LogP contribution >= 0.6 is 22.9 Å². The molecule has 26 heavy (non-hydrogen) atoms. The number of carbonyl (C=O) groups is 2. The third-order valence-corrected chi connectivity index (χ3v) is 4.39. The number of anilines is 1. The first-order valence-electron chi connectivity index (χ1n) is 7.75. The highest BCUT2D eigenvalue weighted by molar-refractivity contribution is 7.15. The summed E-state index contributed by atoms with van der Waals surface area (Å²) >= 11 is 6.39. The Morgan fingerprint density at radius 1 is 1.19 bits per heavy atom. The van der Waals surface area contributed by atoms with Crippen molar-refractivity contribution in [1.82, 2.24) is 15.5 Å². The lowest BCUT2D eigenvalue weighted by atomic mass is 10.0. The molecule has 1 atom stereocenters. The van der Waals surface area contributed by atoms with E-state index in [1.807, 2.05) is 13.8 Å². The standard InChI is InChI=1S/C16H17ClF2N4O2S/c1-8(2)7-11(20-13(24)9-3-5-10(17)6-4-9)14(25)21-16-23-22-15(26-16)12(18)19/h3-6,8,11-12H,7H2,1-2H3,(H,20,24)(H,21,23,25). The number of nitrogens with one attached hydrogen (secondary N) is 2. The first-order chi connectivity index (χ1) is 12.3. The molecule has 0 fully saturated rings. The minimum atomic E-state index is -2.76. The van der Waals surface area contributed by atoms with Crippen LogP contribution in [0.25, 0.3) is 0 Å². The maximum absolute atomic E-state index is 12.6. The highest BCUT2D eigenvalue weighted by Gasteiger charge is 2.24. The fraction of sp³-hybridized carbons (Fsp3) is 0.375. The lowest BCUT2D eigenvalue weighted by Crippen LogP contribution is -2.44. The summed E-state index contributed by atoms with van der Waals surface area (Å²) in [5.74, 6) is -0.867. The van der Waals surface area contributed by atoms with Gasteiger partial charge in [-0.25, -0.2) is 8.78 Å². The third kappa shape index (κ3) is 5.70. The largest absolute Gasteiger partial charge is 0.340 e. The molecule has 0 saturated heterocycles. The minimum absolute atomic E-state index is 0.0419. The Hall–Kier alpha value is -2.13. The van der Waals surface area contributed by atoms with Crippen molar-refractivity contribution in [3.8, 4) is 0 Å². The lowest BCUT2D eigenvalue weighted by molar-refractivity contribution is -0.118. The summed E-state index contributed by atoms with van der Waals surface area (Å²) in [6, 6.07) is 5.38. The normalized spacial score (nSPS) is 12.3. The van der Waals surface area contributed by atoms with Crippen LogP contribution in [-0.4, -0.2) is 28.1 Å². The molecule has 0 aliphatic carbocycles. The molecule has 1 unspecified atom stereocenters. The summed E-state index contributed by atoms with van der Waals surface area (Å²) in [7, 11) is 0. The van der Waals surface area contributed by atoms with Crippen molar-refractivity contribution in [1.29, 1.82) is 0 Å². The average Bonchev–Trinajstić information content (AvgIpc) is 3.03. The van der Waals surface area contributed by atoms with Crippen LogP contribution in [0.2, 0.25) is 5.02 Å². The molecule has 1 aromatic heterocycles. The molecule has 10 heteroatoms. The van der Waals surface area contributed by atoms with Crippen molar-refractivity contribution >= 4 is 39.9 Å². The maximum Gasteiger partial charge on any atom is 0.291 e. The summed E-state index contributed by atoms with van der Waals surface area (Å²) < 4.78 is 25.1. The Bertz CT molecular complexity index is 768. The van der Waals surface area contributed by atoms with Crippen LogP contribution in [0.1, 0.15) is 42.1 Å². The Kier molecular flexibility index (Phi) is 6.98. The van der Waals surface area contributed by atoms with Crippen molar-refractivity contribution in [2.45, 2.75) is 32.7 Å². The number of halogens is 3. The van der Waals surface area contributed by atoms with Gasteiger partial charge in [0.15, 0.2) is 5.01 Å². The maximum atomic E-state index is 12.6. The van der Waals surface area contributed by atoms with Crippen molar-refractivity contribution in [3.63, 3.8) is 0 Å². The van der Waals surface area contributed by atoms with E-state index in [2.05, 4.69) is 20.8 Å². The van der Waals surface area contributed by atoms with Crippen LogP contribution in [-0.2, 0) is 4.79 Å². The number of rotatable bonds is 7. The van der Waals surface area contributed by atoms with Gasteiger partial charge < -0.3 is 5.32 Å². The lowest BCUT2D eigenvalue weighted by Gasteiger charge is -2.19. The molecule has 6 nitrogen and oxygen atoms in total. The molecule has 0 bridgehead atoms. The second-order valence-corrected chi connectivity index (χ2v) is 7.34. The molecular formula is C16H17ClF2N4O2S. The van der Waals surface area contributed by atoms with Crippen molar-refractivity contribution in [2.75, 3.05) is 5.32 Å². The SMILES string of the molecule is CC(C)CC(NC(=O)c1ccc(Cl)cc1)C(=O)Nc1nnc(C(F)F)s1. The zero-order valence-corrected chi connectivity index (χ0v) is 15.6. The van der Waals surface area contributed by atoms with Crippen LogP contribution in [0.5, 0.6) is 0 Å². The molecule has 2 N–H and O–H groups in total. The topological polar surface area (TPSA) is 84.0 Å². The van der Waals surface area contributed by atoms with Gasteiger partial charge in [-0.3, -0.25) is 14.9 Å². The number of amides is 2. The molecule has 0 aliphatic rings. The predicted octanol–water partition coefficient (Wildman–Crippen LogP) is 3.91. The van der Waals surface area contributed by atoms with Gasteiger partial charge in [-0.15, -0.1) is 10.2 Å². The molecule has 0 saturated carbocycles. The van der Waals surface area contributed by atoms with Gasteiger partial charge in [0, 0.05) is 10.6 Å². The van der Waals surface area contributed by atoms with Gasteiger partial charge in [-0.05, 0) is 36.6 Å². The van der Waals surface area contributed by atoms with Gasteiger partial charge in [-0.1, -0.05) is 36.8 Å². The molecule has 1 heterocycles. The first-order valence-corrected chi connectivity index (χ1v) is 8.94. The summed E-state index contributed by atoms with van der Waals surface area (Å²) in [6.45, 7) is 3.79. The molecule has 0 spiro atoms. The molecule has 2 amide bonds.